The summed E-state index contributed by atoms with van der Waals surface area (Å²) in [4.78, 5) is 0. The summed E-state index contributed by atoms with van der Waals surface area (Å²) >= 11 is 0. The molecule has 0 aliphatic carbocycles. The molecule has 0 spiro atoms. The number of methoxy groups -OCH3 is 2. The highest BCUT2D eigenvalue weighted by molar-refractivity contribution is 5.49. The quantitative estimate of drug-likeness (QED) is 0.853. The van der Waals surface area contributed by atoms with E-state index in [2.05, 4.69) is 6.92 Å². The van der Waals surface area contributed by atoms with Gasteiger partial charge in [0.05, 0.1) is 14.2 Å². The molecule has 0 radical (unpaired) electrons. The Bertz CT molecular complexity index is 372. The average Bonchev–Trinajstić information content (AvgIpc) is 2.28. The summed E-state index contributed by atoms with van der Waals surface area (Å²) in [5.41, 5.74) is 8.16. The Labute approximate surface area is 97.6 Å². The molecule has 1 rings (SSSR count). The van der Waals surface area contributed by atoms with Gasteiger partial charge in [0.15, 0.2) is 11.5 Å². The number of aryl methyl sites for hydroxylation is 1. The Kier molecular flexibility index (Phi) is 3.81. The SMILES string of the molecule is CCC(C)(N)c1cc(OC)c(OC)cc1C. The maximum atomic E-state index is 6.26. The molecule has 0 fully saturated rings. The summed E-state index contributed by atoms with van der Waals surface area (Å²) in [6.07, 6.45) is 0.878. The third-order valence-electron chi connectivity index (χ3n) is 3.08. The van der Waals surface area contributed by atoms with E-state index in [9.17, 15) is 0 Å². The van der Waals surface area contributed by atoms with Gasteiger partial charge in [-0.2, -0.15) is 0 Å². The minimum atomic E-state index is -0.330. The third kappa shape index (κ3) is 2.30. The molecule has 2 N–H and O–H groups in total. The van der Waals surface area contributed by atoms with Gasteiger partial charge in [-0.05, 0) is 43.5 Å². The normalized spacial score (nSPS) is 14.4. The summed E-state index contributed by atoms with van der Waals surface area (Å²) in [5.74, 6) is 1.48. The van der Waals surface area contributed by atoms with Gasteiger partial charge in [0, 0.05) is 5.54 Å². The first-order chi connectivity index (χ1) is 7.46. The highest BCUT2D eigenvalue weighted by Crippen LogP contribution is 2.35. The van der Waals surface area contributed by atoms with Crippen molar-refractivity contribution in [2.45, 2.75) is 32.7 Å². The molecule has 16 heavy (non-hydrogen) atoms. The summed E-state index contributed by atoms with van der Waals surface area (Å²) in [6.45, 7) is 6.15. The number of benzene rings is 1. The topological polar surface area (TPSA) is 44.5 Å². The molecule has 1 aromatic carbocycles. The van der Waals surface area contributed by atoms with Crippen molar-refractivity contribution in [2.75, 3.05) is 14.2 Å². The zero-order chi connectivity index (χ0) is 12.3. The van der Waals surface area contributed by atoms with Crippen molar-refractivity contribution in [3.63, 3.8) is 0 Å². The van der Waals surface area contributed by atoms with Crippen molar-refractivity contribution in [3.05, 3.63) is 23.3 Å². The predicted octanol–water partition coefficient (Wildman–Crippen LogP) is 2.60. The molecule has 0 aliphatic heterocycles. The summed E-state index contributed by atoms with van der Waals surface area (Å²) < 4.78 is 10.5. The molecule has 0 saturated heterocycles. The number of ether oxygens (including phenoxy) is 2. The van der Waals surface area contributed by atoms with Crippen molar-refractivity contribution >= 4 is 0 Å². The van der Waals surface area contributed by atoms with Crippen LogP contribution in [0.4, 0.5) is 0 Å². The lowest BCUT2D eigenvalue weighted by Crippen LogP contribution is -2.32. The summed E-state index contributed by atoms with van der Waals surface area (Å²) in [7, 11) is 3.27. The maximum Gasteiger partial charge on any atom is 0.161 e. The first kappa shape index (κ1) is 12.8. The van der Waals surface area contributed by atoms with Gasteiger partial charge in [-0.1, -0.05) is 6.92 Å². The lowest BCUT2D eigenvalue weighted by Gasteiger charge is -2.26. The van der Waals surface area contributed by atoms with Gasteiger partial charge in [-0.25, -0.2) is 0 Å². The fraction of sp³-hybridized carbons (Fsp3) is 0.538. The molecule has 1 unspecified atom stereocenters. The number of rotatable bonds is 4. The standard InChI is InChI=1S/C13H21NO2/c1-6-13(3,14)10-8-12(16-5)11(15-4)7-9(10)2/h7-8H,6,14H2,1-5H3. The Morgan fingerprint density at radius 3 is 2.12 bits per heavy atom. The van der Waals surface area contributed by atoms with Crippen LogP contribution in [0.2, 0.25) is 0 Å². The van der Waals surface area contributed by atoms with Crippen LogP contribution in [0.5, 0.6) is 11.5 Å². The average molecular weight is 223 g/mol. The van der Waals surface area contributed by atoms with Crippen molar-refractivity contribution in [1.82, 2.24) is 0 Å². The van der Waals surface area contributed by atoms with Gasteiger partial charge in [0.25, 0.3) is 0 Å². The van der Waals surface area contributed by atoms with E-state index >= 15 is 0 Å². The molecule has 0 amide bonds. The van der Waals surface area contributed by atoms with E-state index in [-0.39, 0.29) is 5.54 Å². The minimum Gasteiger partial charge on any atom is -0.493 e. The lowest BCUT2D eigenvalue weighted by atomic mass is 9.87. The number of hydrogen-bond donors (Lipinski definition) is 1. The fourth-order valence-corrected chi connectivity index (χ4v) is 1.79. The van der Waals surface area contributed by atoms with Crippen molar-refractivity contribution in [2.24, 2.45) is 5.73 Å². The van der Waals surface area contributed by atoms with Crippen LogP contribution in [0.25, 0.3) is 0 Å². The number of hydrogen-bond acceptors (Lipinski definition) is 3. The Morgan fingerprint density at radius 2 is 1.69 bits per heavy atom. The Balaban J connectivity index is 3.32. The molecule has 0 aliphatic rings. The van der Waals surface area contributed by atoms with Crippen LogP contribution < -0.4 is 15.2 Å². The van der Waals surface area contributed by atoms with Gasteiger partial charge in [-0.3, -0.25) is 0 Å². The Hall–Kier alpha value is -1.22. The van der Waals surface area contributed by atoms with Gasteiger partial charge in [0.2, 0.25) is 0 Å². The van der Waals surface area contributed by atoms with E-state index in [1.165, 1.54) is 0 Å². The van der Waals surface area contributed by atoms with Crippen molar-refractivity contribution < 1.29 is 9.47 Å². The van der Waals surface area contributed by atoms with Gasteiger partial charge in [0.1, 0.15) is 0 Å². The minimum absolute atomic E-state index is 0.330. The first-order valence-corrected chi connectivity index (χ1v) is 5.48. The molecule has 3 heteroatoms. The van der Waals surface area contributed by atoms with E-state index in [1.807, 2.05) is 26.0 Å². The molecule has 0 saturated carbocycles. The van der Waals surface area contributed by atoms with Crippen molar-refractivity contribution in [1.29, 1.82) is 0 Å². The van der Waals surface area contributed by atoms with Gasteiger partial charge in [-0.15, -0.1) is 0 Å². The molecule has 1 atom stereocenters. The maximum absolute atomic E-state index is 6.26. The lowest BCUT2D eigenvalue weighted by molar-refractivity contribution is 0.352. The molecular formula is C13H21NO2. The second-order valence-electron chi connectivity index (χ2n) is 4.29. The zero-order valence-corrected chi connectivity index (χ0v) is 10.8. The van der Waals surface area contributed by atoms with E-state index in [0.29, 0.717) is 0 Å². The van der Waals surface area contributed by atoms with Crippen LogP contribution in [0.1, 0.15) is 31.4 Å². The molecule has 0 heterocycles. The van der Waals surface area contributed by atoms with Crippen LogP contribution in [0.3, 0.4) is 0 Å². The molecule has 0 aromatic heterocycles. The highest BCUT2D eigenvalue weighted by atomic mass is 16.5. The smallest absolute Gasteiger partial charge is 0.161 e. The van der Waals surface area contributed by atoms with Crippen LogP contribution in [0.15, 0.2) is 12.1 Å². The molecular weight excluding hydrogens is 202 g/mol. The fourth-order valence-electron chi connectivity index (χ4n) is 1.79. The summed E-state index contributed by atoms with van der Waals surface area (Å²) in [5, 5.41) is 0. The molecule has 90 valence electrons. The largest absolute Gasteiger partial charge is 0.493 e. The zero-order valence-electron chi connectivity index (χ0n) is 10.8. The van der Waals surface area contributed by atoms with E-state index in [4.69, 9.17) is 15.2 Å². The molecule has 3 nitrogen and oxygen atoms in total. The van der Waals surface area contributed by atoms with Crippen LogP contribution >= 0.6 is 0 Å². The molecule has 1 aromatic rings. The predicted molar refractivity (Wildman–Crippen MR) is 66.1 cm³/mol. The van der Waals surface area contributed by atoms with Crippen LogP contribution in [-0.2, 0) is 5.54 Å². The second kappa shape index (κ2) is 4.74. The third-order valence-corrected chi connectivity index (χ3v) is 3.08. The van der Waals surface area contributed by atoms with Crippen LogP contribution in [-0.4, -0.2) is 14.2 Å². The number of nitrogens with two attached hydrogens (primary N) is 1. The molecule has 0 bridgehead atoms. The van der Waals surface area contributed by atoms with Gasteiger partial charge < -0.3 is 15.2 Å². The Morgan fingerprint density at radius 1 is 1.19 bits per heavy atom. The van der Waals surface area contributed by atoms with Crippen LogP contribution in [0, 0.1) is 6.92 Å². The van der Waals surface area contributed by atoms with Gasteiger partial charge >= 0.3 is 0 Å². The second-order valence-corrected chi connectivity index (χ2v) is 4.29. The highest BCUT2D eigenvalue weighted by Gasteiger charge is 2.22. The monoisotopic (exact) mass is 223 g/mol. The summed E-state index contributed by atoms with van der Waals surface area (Å²) in [6, 6.07) is 3.94. The van der Waals surface area contributed by atoms with E-state index in [1.54, 1.807) is 14.2 Å². The van der Waals surface area contributed by atoms with Crippen molar-refractivity contribution in [3.8, 4) is 11.5 Å². The first-order valence-electron chi connectivity index (χ1n) is 5.48. The van der Waals surface area contributed by atoms with E-state index in [0.717, 1.165) is 29.0 Å². The van der Waals surface area contributed by atoms with E-state index < -0.39 is 0 Å².